The summed E-state index contributed by atoms with van der Waals surface area (Å²) < 4.78 is 0. The van der Waals surface area contributed by atoms with E-state index in [4.69, 9.17) is 5.73 Å². The molecule has 0 aromatic heterocycles. The first-order chi connectivity index (χ1) is 8.45. The monoisotopic (exact) mass is 254 g/mol. The molecule has 0 bridgehead atoms. The van der Waals surface area contributed by atoms with Gasteiger partial charge in [-0.3, -0.25) is 4.79 Å². The summed E-state index contributed by atoms with van der Waals surface area (Å²) in [6, 6.07) is 0. The first kappa shape index (κ1) is 15.5. The molecule has 1 fully saturated rings. The van der Waals surface area contributed by atoms with Crippen molar-refractivity contribution in [1.29, 1.82) is 0 Å². The molecule has 1 saturated carbocycles. The molecule has 1 amide bonds. The van der Waals surface area contributed by atoms with E-state index in [0.717, 1.165) is 13.0 Å². The molecule has 1 atom stereocenters. The van der Waals surface area contributed by atoms with E-state index >= 15 is 0 Å². The van der Waals surface area contributed by atoms with Crippen molar-refractivity contribution in [2.24, 2.45) is 23.0 Å². The van der Waals surface area contributed by atoms with Crippen LogP contribution in [0, 0.1) is 17.3 Å². The van der Waals surface area contributed by atoms with Crippen LogP contribution in [0.15, 0.2) is 0 Å². The van der Waals surface area contributed by atoms with E-state index in [9.17, 15) is 4.79 Å². The van der Waals surface area contributed by atoms with Crippen LogP contribution in [0.2, 0.25) is 0 Å². The van der Waals surface area contributed by atoms with Gasteiger partial charge in [-0.1, -0.05) is 33.6 Å². The Morgan fingerprint density at radius 1 is 1.33 bits per heavy atom. The van der Waals surface area contributed by atoms with Crippen molar-refractivity contribution in [3.63, 3.8) is 0 Å². The summed E-state index contributed by atoms with van der Waals surface area (Å²) in [6.45, 7) is 8.10. The van der Waals surface area contributed by atoms with Gasteiger partial charge in [0.2, 0.25) is 5.91 Å². The zero-order valence-electron chi connectivity index (χ0n) is 12.3. The molecule has 1 aliphatic rings. The fourth-order valence-corrected chi connectivity index (χ4v) is 2.98. The van der Waals surface area contributed by atoms with Gasteiger partial charge in [-0.15, -0.1) is 0 Å². The van der Waals surface area contributed by atoms with E-state index in [1.807, 2.05) is 0 Å². The molecule has 0 aliphatic heterocycles. The van der Waals surface area contributed by atoms with Gasteiger partial charge in [0.05, 0.1) is 0 Å². The van der Waals surface area contributed by atoms with Gasteiger partial charge >= 0.3 is 0 Å². The Kier molecular flexibility index (Phi) is 6.13. The number of carbonyl (C=O) groups excluding carboxylic acids is 1. The van der Waals surface area contributed by atoms with Crippen LogP contribution in [-0.4, -0.2) is 19.0 Å². The zero-order valence-corrected chi connectivity index (χ0v) is 12.3. The van der Waals surface area contributed by atoms with Crippen molar-refractivity contribution in [3.05, 3.63) is 0 Å². The normalized spacial score (nSPS) is 20.1. The second-order valence-corrected chi connectivity index (χ2v) is 6.73. The predicted octanol–water partition coefficient (Wildman–Crippen LogP) is 2.69. The Morgan fingerprint density at radius 2 is 1.94 bits per heavy atom. The molecule has 18 heavy (non-hydrogen) atoms. The summed E-state index contributed by atoms with van der Waals surface area (Å²) in [5.74, 6) is 1.12. The summed E-state index contributed by atoms with van der Waals surface area (Å²) in [5, 5.41) is 3.11. The lowest BCUT2D eigenvalue weighted by Crippen LogP contribution is -2.36. The molecule has 1 rings (SSSR count). The number of rotatable bonds is 7. The molecule has 3 heteroatoms. The first-order valence-electron chi connectivity index (χ1n) is 7.42. The third kappa shape index (κ3) is 5.38. The minimum Gasteiger partial charge on any atom is -0.356 e. The van der Waals surface area contributed by atoms with E-state index in [-0.39, 0.29) is 5.91 Å². The van der Waals surface area contributed by atoms with Gasteiger partial charge in [-0.05, 0) is 43.1 Å². The molecule has 0 saturated heterocycles. The van der Waals surface area contributed by atoms with E-state index in [1.165, 1.54) is 25.7 Å². The van der Waals surface area contributed by atoms with E-state index in [1.54, 1.807) is 0 Å². The van der Waals surface area contributed by atoms with Crippen LogP contribution in [0.1, 0.15) is 59.3 Å². The van der Waals surface area contributed by atoms with Crippen LogP contribution >= 0.6 is 0 Å². The Hall–Kier alpha value is -0.570. The van der Waals surface area contributed by atoms with Gasteiger partial charge in [-0.25, -0.2) is 0 Å². The van der Waals surface area contributed by atoms with Gasteiger partial charge in [0, 0.05) is 13.0 Å². The molecule has 0 heterocycles. The maximum absolute atomic E-state index is 11.9. The Labute approximate surface area is 112 Å². The number of nitrogens with one attached hydrogen (secondary N) is 1. The Morgan fingerprint density at radius 3 is 2.44 bits per heavy atom. The van der Waals surface area contributed by atoms with Gasteiger partial charge in [0.15, 0.2) is 0 Å². The largest absolute Gasteiger partial charge is 0.356 e. The predicted molar refractivity (Wildman–Crippen MR) is 76.2 cm³/mol. The lowest BCUT2D eigenvalue weighted by molar-refractivity contribution is -0.122. The lowest BCUT2D eigenvalue weighted by Gasteiger charge is -2.24. The summed E-state index contributed by atoms with van der Waals surface area (Å²) in [4.78, 5) is 11.9. The minimum atomic E-state index is 0.180. The fraction of sp³-hybridized carbons (Fsp3) is 0.933. The number of carbonyl (C=O) groups is 1. The molecule has 106 valence electrons. The van der Waals surface area contributed by atoms with E-state index in [0.29, 0.717) is 30.2 Å². The second-order valence-electron chi connectivity index (χ2n) is 6.73. The Balaban J connectivity index is 2.27. The highest BCUT2D eigenvalue weighted by molar-refractivity contribution is 5.76. The van der Waals surface area contributed by atoms with Crippen LogP contribution in [0.25, 0.3) is 0 Å². The van der Waals surface area contributed by atoms with Crippen molar-refractivity contribution >= 4 is 5.91 Å². The number of amides is 1. The molecule has 0 radical (unpaired) electrons. The second kappa shape index (κ2) is 7.13. The standard InChI is InChI=1S/C15H30N2O/c1-12(2)8-13(10-16)9-14(18)17-11-15(3)6-4-5-7-15/h12-13H,4-11,16H2,1-3H3,(H,17,18). The van der Waals surface area contributed by atoms with Crippen LogP contribution in [0.5, 0.6) is 0 Å². The molecule has 3 nitrogen and oxygen atoms in total. The third-order valence-corrected chi connectivity index (χ3v) is 4.14. The summed E-state index contributed by atoms with van der Waals surface area (Å²) in [7, 11) is 0. The number of nitrogens with two attached hydrogens (primary N) is 1. The number of hydrogen-bond acceptors (Lipinski definition) is 2. The minimum absolute atomic E-state index is 0.180. The molecular formula is C15H30N2O. The van der Waals surface area contributed by atoms with Crippen molar-refractivity contribution < 1.29 is 4.79 Å². The van der Waals surface area contributed by atoms with Gasteiger partial charge in [-0.2, -0.15) is 0 Å². The molecule has 1 unspecified atom stereocenters. The highest BCUT2D eigenvalue weighted by Gasteiger charge is 2.29. The van der Waals surface area contributed by atoms with Crippen molar-refractivity contribution in [3.8, 4) is 0 Å². The van der Waals surface area contributed by atoms with E-state index < -0.39 is 0 Å². The molecular weight excluding hydrogens is 224 g/mol. The summed E-state index contributed by atoms with van der Waals surface area (Å²) in [5.41, 5.74) is 6.07. The summed E-state index contributed by atoms with van der Waals surface area (Å²) in [6.07, 6.45) is 6.75. The lowest BCUT2D eigenvalue weighted by atomic mass is 9.88. The first-order valence-corrected chi connectivity index (χ1v) is 7.42. The molecule has 3 N–H and O–H groups in total. The Bertz CT molecular complexity index is 257. The molecule has 0 aromatic carbocycles. The average molecular weight is 254 g/mol. The van der Waals surface area contributed by atoms with Crippen LogP contribution in [0.4, 0.5) is 0 Å². The SMILES string of the molecule is CC(C)CC(CN)CC(=O)NCC1(C)CCCC1. The maximum atomic E-state index is 11.9. The molecule has 0 spiro atoms. The topological polar surface area (TPSA) is 55.1 Å². The average Bonchev–Trinajstić information content (AvgIpc) is 2.73. The quantitative estimate of drug-likeness (QED) is 0.734. The van der Waals surface area contributed by atoms with Crippen molar-refractivity contribution in [2.75, 3.05) is 13.1 Å². The van der Waals surface area contributed by atoms with Crippen LogP contribution < -0.4 is 11.1 Å². The molecule has 0 aromatic rings. The van der Waals surface area contributed by atoms with Crippen molar-refractivity contribution in [2.45, 2.75) is 59.3 Å². The van der Waals surface area contributed by atoms with Gasteiger partial charge < -0.3 is 11.1 Å². The number of hydrogen-bond donors (Lipinski definition) is 2. The van der Waals surface area contributed by atoms with Crippen LogP contribution in [-0.2, 0) is 4.79 Å². The highest BCUT2D eigenvalue weighted by Crippen LogP contribution is 2.36. The highest BCUT2D eigenvalue weighted by atomic mass is 16.1. The van der Waals surface area contributed by atoms with Crippen molar-refractivity contribution in [1.82, 2.24) is 5.32 Å². The summed E-state index contributed by atoms with van der Waals surface area (Å²) >= 11 is 0. The fourth-order valence-electron chi connectivity index (χ4n) is 2.98. The van der Waals surface area contributed by atoms with Gasteiger partial charge in [0.1, 0.15) is 0 Å². The van der Waals surface area contributed by atoms with Gasteiger partial charge in [0.25, 0.3) is 0 Å². The van der Waals surface area contributed by atoms with E-state index in [2.05, 4.69) is 26.1 Å². The smallest absolute Gasteiger partial charge is 0.220 e. The van der Waals surface area contributed by atoms with Crippen LogP contribution in [0.3, 0.4) is 0 Å². The third-order valence-electron chi connectivity index (χ3n) is 4.14. The zero-order chi connectivity index (χ0) is 13.6. The molecule has 1 aliphatic carbocycles. The maximum Gasteiger partial charge on any atom is 0.220 e.